The SMILES string of the molecule is CC(C)C1=NC(CN(C)C(=O)N[C@@H](Cc2c[nH]c3ccccc23)C(=O)O)CS1. The molecule has 2 atom stereocenters. The van der Waals surface area contributed by atoms with Crippen LogP contribution < -0.4 is 5.32 Å². The molecule has 3 rings (SSSR count). The molecule has 1 aromatic heterocycles. The summed E-state index contributed by atoms with van der Waals surface area (Å²) >= 11 is 1.73. The number of urea groups is 1. The van der Waals surface area contributed by atoms with Crippen LogP contribution in [0.25, 0.3) is 10.9 Å². The van der Waals surface area contributed by atoms with Crippen molar-refractivity contribution in [1.82, 2.24) is 15.2 Å². The Bertz CT molecular complexity index is 892. The Balaban J connectivity index is 1.62. The standard InChI is InChI=1S/C20H26N4O3S/c1-12(2)18-22-14(11-28-18)10-24(3)20(27)23-17(19(25)26)8-13-9-21-16-7-5-4-6-15(13)16/h4-7,9,12,14,17,21H,8,10-11H2,1-3H3,(H,23,27)(H,25,26)/t14?,17-/m0/s1. The summed E-state index contributed by atoms with van der Waals surface area (Å²) in [4.78, 5) is 33.6. The number of amides is 2. The highest BCUT2D eigenvalue weighted by Gasteiger charge is 2.26. The van der Waals surface area contributed by atoms with E-state index in [0.29, 0.717) is 12.5 Å². The lowest BCUT2D eigenvalue weighted by molar-refractivity contribution is -0.139. The van der Waals surface area contributed by atoms with Crippen molar-refractivity contribution in [3.05, 3.63) is 36.0 Å². The summed E-state index contributed by atoms with van der Waals surface area (Å²) < 4.78 is 0. The van der Waals surface area contributed by atoms with Crippen LogP contribution in [0.15, 0.2) is 35.5 Å². The summed E-state index contributed by atoms with van der Waals surface area (Å²) in [5.74, 6) is 0.188. The Morgan fingerprint density at radius 2 is 2.14 bits per heavy atom. The van der Waals surface area contributed by atoms with E-state index < -0.39 is 18.0 Å². The number of aliphatic imine (C=N–C) groups is 1. The molecule has 1 aliphatic rings. The van der Waals surface area contributed by atoms with Gasteiger partial charge in [-0.05, 0) is 11.6 Å². The van der Waals surface area contributed by atoms with Crippen LogP contribution in [-0.2, 0) is 11.2 Å². The van der Waals surface area contributed by atoms with Gasteiger partial charge in [0, 0.05) is 48.8 Å². The first-order valence-corrected chi connectivity index (χ1v) is 10.3. The topological polar surface area (TPSA) is 97.8 Å². The number of hydrogen-bond donors (Lipinski definition) is 3. The third-order valence-corrected chi connectivity index (χ3v) is 6.18. The fourth-order valence-corrected chi connectivity index (χ4v) is 4.32. The number of benzene rings is 1. The van der Waals surface area contributed by atoms with Gasteiger partial charge < -0.3 is 20.3 Å². The molecule has 150 valence electrons. The highest BCUT2D eigenvalue weighted by atomic mass is 32.2. The molecule has 0 bridgehead atoms. The van der Waals surface area contributed by atoms with Crippen LogP contribution in [0.2, 0.25) is 0 Å². The van der Waals surface area contributed by atoms with Crippen LogP contribution in [0.4, 0.5) is 4.79 Å². The normalized spacial score (nSPS) is 17.6. The maximum Gasteiger partial charge on any atom is 0.326 e. The minimum atomic E-state index is -1.05. The van der Waals surface area contributed by atoms with Gasteiger partial charge in [0.1, 0.15) is 6.04 Å². The van der Waals surface area contributed by atoms with E-state index in [1.807, 2.05) is 24.3 Å². The van der Waals surface area contributed by atoms with Crippen LogP contribution in [0.3, 0.4) is 0 Å². The number of nitrogens with zero attached hydrogens (tertiary/aromatic N) is 2. The number of H-pyrrole nitrogens is 1. The number of carboxylic acid groups (broad SMARTS) is 1. The average Bonchev–Trinajstić information content (AvgIpc) is 3.28. The molecule has 28 heavy (non-hydrogen) atoms. The largest absolute Gasteiger partial charge is 0.480 e. The van der Waals surface area contributed by atoms with Crippen molar-refractivity contribution in [1.29, 1.82) is 0 Å². The highest BCUT2D eigenvalue weighted by Crippen LogP contribution is 2.23. The highest BCUT2D eigenvalue weighted by molar-refractivity contribution is 8.14. The van der Waals surface area contributed by atoms with Crippen molar-refractivity contribution in [2.24, 2.45) is 10.9 Å². The molecule has 7 nitrogen and oxygen atoms in total. The van der Waals surface area contributed by atoms with E-state index in [9.17, 15) is 14.7 Å². The minimum Gasteiger partial charge on any atom is -0.480 e. The lowest BCUT2D eigenvalue weighted by Gasteiger charge is -2.23. The number of rotatable bonds is 7. The quantitative estimate of drug-likeness (QED) is 0.663. The lowest BCUT2D eigenvalue weighted by Crippen LogP contribution is -2.49. The number of para-hydroxylation sites is 1. The van der Waals surface area contributed by atoms with E-state index in [4.69, 9.17) is 0 Å². The monoisotopic (exact) mass is 402 g/mol. The number of hydrogen-bond acceptors (Lipinski definition) is 4. The van der Waals surface area contributed by atoms with Crippen LogP contribution >= 0.6 is 11.8 Å². The van der Waals surface area contributed by atoms with Gasteiger partial charge in [-0.15, -0.1) is 11.8 Å². The number of carbonyl (C=O) groups is 2. The van der Waals surface area contributed by atoms with Crippen LogP contribution in [-0.4, -0.2) is 63.5 Å². The second kappa shape index (κ2) is 8.68. The number of fused-ring (bicyclic) bond motifs is 1. The summed E-state index contributed by atoms with van der Waals surface area (Å²) in [5.41, 5.74) is 1.81. The van der Waals surface area contributed by atoms with E-state index >= 15 is 0 Å². The van der Waals surface area contributed by atoms with Crippen LogP contribution in [0.1, 0.15) is 19.4 Å². The molecule has 0 saturated carbocycles. The van der Waals surface area contributed by atoms with E-state index in [2.05, 4.69) is 29.1 Å². The van der Waals surface area contributed by atoms with Gasteiger partial charge in [0.25, 0.3) is 0 Å². The van der Waals surface area contributed by atoms with Gasteiger partial charge in [0.15, 0.2) is 0 Å². The molecule has 0 saturated heterocycles. The zero-order chi connectivity index (χ0) is 20.3. The molecular formula is C20H26N4O3S. The molecule has 0 radical (unpaired) electrons. The molecule has 1 unspecified atom stereocenters. The van der Waals surface area contributed by atoms with Crippen LogP contribution in [0.5, 0.6) is 0 Å². The number of aliphatic carboxylic acids is 1. The Kier molecular flexibility index (Phi) is 6.28. The summed E-state index contributed by atoms with van der Waals surface area (Å²) in [6, 6.07) is 6.36. The Morgan fingerprint density at radius 3 is 2.82 bits per heavy atom. The number of carboxylic acids is 1. The first-order chi connectivity index (χ1) is 13.3. The summed E-state index contributed by atoms with van der Waals surface area (Å²) in [6.45, 7) is 4.67. The number of carbonyl (C=O) groups excluding carboxylic acids is 1. The van der Waals surface area contributed by atoms with Gasteiger partial charge in [0.05, 0.1) is 11.1 Å². The van der Waals surface area contributed by atoms with Gasteiger partial charge in [-0.3, -0.25) is 4.99 Å². The van der Waals surface area contributed by atoms with Gasteiger partial charge in [-0.25, -0.2) is 9.59 Å². The van der Waals surface area contributed by atoms with Crippen molar-refractivity contribution in [3.8, 4) is 0 Å². The van der Waals surface area contributed by atoms with Gasteiger partial charge in [0.2, 0.25) is 0 Å². The molecule has 2 amide bonds. The Labute approximate surface area is 168 Å². The number of likely N-dealkylation sites (N-methyl/N-ethyl adjacent to an activating group) is 1. The second-order valence-corrected chi connectivity index (χ2v) is 8.41. The molecule has 0 fully saturated rings. The van der Waals surface area contributed by atoms with E-state index in [0.717, 1.165) is 27.3 Å². The zero-order valence-corrected chi connectivity index (χ0v) is 17.1. The smallest absolute Gasteiger partial charge is 0.326 e. The molecule has 0 spiro atoms. The fraction of sp³-hybridized carbons (Fsp3) is 0.450. The van der Waals surface area contributed by atoms with Gasteiger partial charge >= 0.3 is 12.0 Å². The first kappa shape index (κ1) is 20.3. The fourth-order valence-electron chi connectivity index (χ4n) is 3.22. The molecular weight excluding hydrogens is 376 g/mol. The summed E-state index contributed by atoms with van der Waals surface area (Å²) in [5, 5.41) is 14.3. The molecule has 0 aliphatic carbocycles. The summed E-state index contributed by atoms with van der Waals surface area (Å²) in [6.07, 6.45) is 2.02. The number of aromatic nitrogens is 1. The van der Waals surface area contributed by atoms with Gasteiger partial charge in [-0.1, -0.05) is 32.0 Å². The lowest BCUT2D eigenvalue weighted by atomic mass is 10.1. The van der Waals surface area contributed by atoms with E-state index in [1.54, 1.807) is 25.0 Å². The molecule has 1 aliphatic heterocycles. The molecule has 2 aromatic rings. The third kappa shape index (κ3) is 4.67. The van der Waals surface area contributed by atoms with Gasteiger partial charge in [-0.2, -0.15) is 0 Å². The predicted molar refractivity (Wildman–Crippen MR) is 113 cm³/mol. The molecule has 1 aromatic carbocycles. The molecule has 8 heteroatoms. The maximum absolute atomic E-state index is 12.5. The summed E-state index contributed by atoms with van der Waals surface area (Å²) in [7, 11) is 1.67. The van der Waals surface area contributed by atoms with Crippen molar-refractivity contribution in [2.45, 2.75) is 32.4 Å². The Hall–Kier alpha value is -2.48. The zero-order valence-electron chi connectivity index (χ0n) is 16.3. The number of thioether (sulfide) groups is 1. The van der Waals surface area contributed by atoms with Crippen molar-refractivity contribution >= 4 is 39.7 Å². The Morgan fingerprint density at radius 1 is 1.39 bits per heavy atom. The first-order valence-electron chi connectivity index (χ1n) is 9.35. The third-order valence-electron chi connectivity index (χ3n) is 4.75. The molecule has 3 N–H and O–H groups in total. The number of nitrogens with one attached hydrogen (secondary N) is 2. The minimum absolute atomic E-state index is 0.0510. The van der Waals surface area contributed by atoms with Crippen molar-refractivity contribution in [3.63, 3.8) is 0 Å². The number of aromatic amines is 1. The van der Waals surface area contributed by atoms with Crippen molar-refractivity contribution < 1.29 is 14.7 Å². The molecule has 2 heterocycles. The van der Waals surface area contributed by atoms with E-state index in [1.165, 1.54) is 4.90 Å². The van der Waals surface area contributed by atoms with E-state index in [-0.39, 0.29) is 12.5 Å². The maximum atomic E-state index is 12.5. The van der Waals surface area contributed by atoms with Crippen molar-refractivity contribution in [2.75, 3.05) is 19.3 Å². The average molecular weight is 403 g/mol. The second-order valence-electron chi connectivity index (χ2n) is 7.37. The predicted octanol–water partition coefficient (Wildman–Crippen LogP) is 2.97. The van der Waals surface area contributed by atoms with Crippen LogP contribution in [0, 0.1) is 5.92 Å².